The third-order valence-corrected chi connectivity index (χ3v) is 7.56. The van der Waals surface area contributed by atoms with Crippen LogP contribution in [0.2, 0.25) is 0 Å². The smallest absolute Gasteiger partial charge is 0.138 e. The molecule has 0 aromatic carbocycles. The van der Waals surface area contributed by atoms with Gasteiger partial charge in [-0.05, 0) is 44.4 Å². The quantitative estimate of drug-likeness (QED) is 0.500. The van der Waals surface area contributed by atoms with Crippen LogP contribution in [0.3, 0.4) is 0 Å². The molecule has 29 heavy (non-hydrogen) atoms. The topological polar surface area (TPSA) is 64.1 Å². The fourth-order valence-electron chi connectivity index (χ4n) is 3.81. The number of aromatic nitrogens is 2. The average molecular weight is 430 g/mol. The highest BCUT2D eigenvalue weighted by Crippen LogP contribution is 2.42. The van der Waals surface area contributed by atoms with Crippen LogP contribution in [-0.2, 0) is 28.9 Å². The van der Waals surface area contributed by atoms with Gasteiger partial charge in [-0.15, -0.1) is 22.7 Å². The van der Waals surface area contributed by atoms with E-state index in [-0.39, 0.29) is 0 Å². The fourth-order valence-corrected chi connectivity index (χ4v) is 6.37. The molecule has 0 fully saturated rings. The number of hydrogen-bond acceptors (Lipinski definition) is 7. The Labute approximate surface area is 179 Å². The summed E-state index contributed by atoms with van der Waals surface area (Å²) in [5.41, 5.74) is 4.56. The molecule has 0 bridgehead atoms. The first-order valence-electron chi connectivity index (χ1n) is 10.2. The molecule has 0 radical (unpaired) electrons. The summed E-state index contributed by atoms with van der Waals surface area (Å²) in [7, 11) is 1.72. The fraction of sp³-hybridized carbons (Fsp3) is 0.500. The Morgan fingerprint density at radius 3 is 3.03 bits per heavy atom. The molecular formula is C22H27N3O2S2. The predicted molar refractivity (Wildman–Crippen MR) is 120 cm³/mol. The lowest BCUT2D eigenvalue weighted by atomic mass is 10.00. The number of nitrogens with zero attached hydrogens (tertiary/aromatic N) is 2. The van der Waals surface area contributed by atoms with Crippen molar-refractivity contribution in [1.82, 2.24) is 15.3 Å². The van der Waals surface area contributed by atoms with E-state index in [0.29, 0.717) is 18.6 Å². The number of unbranched alkanes of at least 4 members (excludes halogenated alkanes) is 2. The molecule has 1 N–H and O–H groups in total. The van der Waals surface area contributed by atoms with Crippen molar-refractivity contribution in [1.29, 1.82) is 0 Å². The molecule has 3 aromatic rings. The second-order valence-electron chi connectivity index (χ2n) is 7.56. The summed E-state index contributed by atoms with van der Waals surface area (Å²) in [4.78, 5) is 24.5. The van der Waals surface area contributed by atoms with Crippen molar-refractivity contribution in [3.8, 4) is 10.6 Å². The minimum Gasteiger partial charge on any atom is -0.385 e. The molecule has 3 aromatic heterocycles. The highest BCUT2D eigenvalue weighted by atomic mass is 32.1. The van der Waals surface area contributed by atoms with Gasteiger partial charge in [0.25, 0.3) is 0 Å². The summed E-state index contributed by atoms with van der Waals surface area (Å²) >= 11 is 3.51. The number of aryl methyl sites for hydroxylation is 1. The number of Topliss-reactive ketones (excluding diaryl/α,β-unsaturated/α-hetero) is 1. The molecule has 0 spiro atoms. The number of ketones is 1. The Balaban J connectivity index is 1.59. The van der Waals surface area contributed by atoms with Crippen LogP contribution in [0.5, 0.6) is 0 Å². The number of nitrogens with one attached hydrogen (secondary N) is 1. The van der Waals surface area contributed by atoms with Gasteiger partial charge < -0.3 is 10.1 Å². The van der Waals surface area contributed by atoms with E-state index in [1.165, 1.54) is 20.9 Å². The molecule has 1 aliphatic heterocycles. The molecule has 0 aliphatic carbocycles. The van der Waals surface area contributed by atoms with Crippen molar-refractivity contribution in [3.05, 3.63) is 33.3 Å². The van der Waals surface area contributed by atoms with Gasteiger partial charge in [0.2, 0.25) is 0 Å². The van der Waals surface area contributed by atoms with Crippen LogP contribution in [0, 0.1) is 6.92 Å². The summed E-state index contributed by atoms with van der Waals surface area (Å²) in [6.07, 6.45) is 7.03. The molecule has 0 unspecified atom stereocenters. The first kappa shape index (κ1) is 20.6. The number of carbonyl (C=O) groups is 1. The second kappa shape index (κ2) is 9.43. The SMILES string of the molecule is COCCCCCC(=O)Cc1sc2c(c1-c1nc3cnc(C)cc3s1)CCNC2. The number of hydrogen-bond donors (Lipinski definition) is 1. The molecule has 154 valence electrons. The maximum atomic E-state index is 12.7. The molecule has 7 heteroatoms. The number of pyridine rings is 1. The molecular weight excluding hydrogens is 402 g/mol. The highest BCUT2D eigenvalue weighted by Gasteiger charge is 2.25. The van der Waals surface area contributed by atoms with E-state index in [1.807, 2.05) is 13.1 Å². The summed E-state index contributed by atoms with van der Waals surface area (Å²) in [5, 5.41) is 4.50. The average Bonchev–Trinajstić information content (AvgIpc) is 3.27. The van der Waals surface area contributed by atoms with E-state index >= 15 is 0 Å². The number of methoxy groups -OCH3 is 1. The van der Waals surface area contributed by atoms with Crippen molar-refractivity contribution in [2.24, 2.45) is 0 Å². The minimum absolute atomic E-state index is 0.328. The monoisotopic (exact) mass is 429 g/mol. The van der Waals surface area contributed by atoms with Crippen molar-refractivity contribution < 1.29 is 9.53 Å². The summed E-state index contributed by atoms with van der Waals surface area (Å²) in [6, 6.07) is 2.10. The predicted octanol–water partition coefficient (Wildman–Crippen LogP) is 4.69. The molecule has 0 saturated carbocycles. The van der Waals surface area contributed by atoms with Crippen molar-refractivity contribution in [3.63, 3.8) is 0 Å². The molecule has 0 amide bonds. The van der Waals surface area contributed by atoms with E-state index < -0.39 is 0 Å². The van der Waals surface area contributed by atoms with Crippen molar-refractivity contribution in [2.45, 2.75) is 52.0 Å². The van der Waals surface area contributed by atoms with Crippen LogP contribution in [0.25, 0.3) is 20.8 Å². The first-order valence-corrected chi connectivity index (χ1v) is 11.9. The lowest BCUT2D eigenvalue weighted by molar-refractivity contribution is -0.118. The lowest BCUT2D eigenvalue weighted by Gasteiger charge is -2.13. The molecule has 4 heterocycles. The van der Waals surface area contributed by atoms with Crippen LogP contribution in [0.1, 0.15) is 46.7 Å². The standard InChI is InChI=1S/C22H27N3O2S2/c1-14-10-18-17(12-24-14)25-22(29-18)21-16-7-8-23-13-20(16)28-19(21)11-15(26)6-4-3-5-9-27-2/h10,12,23H,3-9,11,13H2,1-2H3. The van der Waals surface area contributed by atoms with Crippen LogP contribution in [-0.4, -0.2) is 36.0 Å². The lowest BCUT2D eigenvalue weighted by Crippen LogP contribution is -2.22. The Morgan fingerprint density at radius 1 is 1.28 bits per heavy atom. The van der Waals surface area contributed by atoms with Gasteiger partial charge in [-0.1, -0.05) is 6.42 Å². The van der Waals surface area contributed by atoms with Gasteiger partial charge in [-0.2, -0.15) is 0 Å². The van der Waals surface area contributed by atoms with Gasteiger partial charge in [0, 0.05) is 54.1 Å². The van der Waals surface area contributed by atoms with E-state index in [2.05, 4.69) is 16.4 Å². The number of carbonyl (C=O) groups excluding carboxylic acids is 1. The highest BCUT2D eigenvalue weighted by molar-refractivity contribution is 7.22. The summed E-state index contributed by atoms with van der Waals surface area (Å²) < 4.78 is 6.25. The van der Waals surface area contributed by atoms with Crippen LogP contribution in [0.4, 0.5) is 0 Å². The van der Waals surface area contributed by atoms with E-state index in [9.17, 15) is 4.79 Å². The number of ether oxygens (including phenoxy) is 1. The van der Waals surface area contributed by atoms with Crippen LogP contribution < -0.4 is 5.32 Å². The van der Waals surface area contributed by atoms with Crippen LogP contribution in [0.15, 0.2) is 12.3 Å². The summed E-state index contributed by atoms with van der Waals surface area (Å²) in [5.74, 6) is 0.328. The largest absolute Gasteiger partial charge is 0.385 e. The number of thiophene rings is 1. The normalized spacial score (nSPS) is 13.7. The van der Waals surface area contributed by atoms with Gasteiger partial charge in [0.05, 0.1) is 10.9 Å². The molecule has 5 nitrogen and oxygen atoms in total. The third kappa shape index (κ3) is 4.74. The van der Waals surface area contributed by atoms with Crippen molar-refractivity contribution in [2.75, 3.05) is 20.3 Å². The first-order chi connectivity index (χ1) is 14.2. The second-order valence-corrected chi connectivity index (χ2v) is 9.78. The van der Waals surface area contributed by atoms with E-state index in [1.54, 1.807) is 29.8 Å². The zero-order valence-corrected chi connectivity index (χ0v) is 18.7. The summed E-state index contributed by atoms with van der Waals surface area (Å²) in [6.45, 7) is 4.65. The maximum absolute atomic E-state index is 12.7. The molecule has 1 aliphatic rings. The van der Waals surface area contributed by atoms with E-state index in [4.69, 9.17) is 9.72 Å². The molecule has 4 rings (SSSR count). The van der Waals surface area contributed by atoms with Crippen LogP contribution >= 0.6 is 22.7 Å². The number of thiazole rings is 1. The van der Waals surface area contributed by atoms with Gasteiger partial charge in [0.1, 0.15) is 16.3 Å². The minimum atomic E-state index is 0.328. The Hall–Kier alpha value is -1.67. The van der Waals surface area contributed by atoms with Gasteiger partial charge in [-0.25, -0.2) is 4.98 Å². The maximum Gasteiger partial charge on any atom is 0.138 e. The molecule has 0 atom stereocenters. The zero-order chi connectivity index (χ0) is 20.2. The Bertz CT molecular complexity index is 1010. The van der Waals surface area contributed by atoms with Gasteiger partial charge in [-0.3, -0.25) is 9.78 Å². The number of fused-ring (bicyclic) bond motifs is 2. The number of rotatable bonds is 9. The van der Waals surface area contributed by atoms with Crippen molar-refractivity contribution >= 4 is 38.7 Å². The third-order valence-electron chi connectivity index (χ3n) is 5.29. The zero-order valence-electron chi connectivity index (χ0n) is 17.0. The van der Waals surface area contributed by atoms with Gasteiger partial charge in [0.15, 0.2) is 0 Å². The Morgan fingerprint density at radius 2 is 2.17 bits per heavy atom. The molecule has 0 saturated heterocycles. The Kier molecular flexibility index (Phi) is 6.70. The van der Waals surface area contributed by atoms with E-state index in [0.717, 1.165) is 66.3 Å². The van der Waals surface area contributed by atoms with Gasteiger partial charge >= 0.3 is 0 Å².